The monoisotopic (exact) mass is 579 g/mol. The van der Waals surface area contributed by atoms with Crippen molar-refractivity contribution in [2.45, 2.75) is 50.0 Å². The summed E-state index contributed by atoms with van der Waals surface area (Å²) >= 11 is 0. The second-order valence-corrected chi connectivity index (χ2v) is 10.8. The van der Waals surface area contributed by atoms with E-state index in [2.05, 4.69) is 36.8 Å². The predicted octanol–water partition coefficient (Wildman–Crippen LogP) is -2.58. The first-order valence-electron chi connectivity index (χ1n) is 14.1. The van der Waals surface area contributed by atoms with Crippen LogP contribution in [0.4, 0.5) is 0 Å². The molecule has 1 aliphatic heterocycles. The zero-order valence-electron chi connectivity index (χ0n) is 24.3. The average molecular weight is 580 g/mol. The van der Waals surface area contributed by atoms with Crippen LogP contribution in [-0.2, 0) is 20.8 Å². The van der Waals surface area contributed by atoms with Gasteiger partial charge in [-0.05, 0) is 38.1 Å². The van der Waals surface area contributed by atoms with Crippen LogP contribution in [0.5, 0.6) is 5.75 Å². The number of carboxylic acid groups (broad SMARTS) is 1. The van der Waals surface area contributed by atoms with Crippen molar-refractivity contribution in [3.8, 4) is 5.75 Å². The summed E-state index contributed by atoms with van der Waals surface area (Å²) in [5, 5.41) is 38.0. The van der Waals surface area contributed by atoms with Gasteiger partial charge in [-0.25, -0.2) is 4.79 Å². The SMILES string of the molecule is CN1CCN[C@](N)(CNCCN)CNCCNC[C@@]1(C)NC(=O)CCCC(=O)NC(Cc1ccc(O)cc1)C(=O)O. The molecule has 0 radical (unpaired) electrons. The molecule has 1 fully saturated rings. The Morgan fingerprint density at radius 3 is 2.39 bits per heavy atom. The summed E-state index contributed by atoms with van der Waals surface area (Å²) in [5.41, 5.74) is 11.5. The van der Waals surface area contributed by atoms with Gasteiger partial charge in [-0.1, -0.05) is 12.1 Å². The molecule has 41 heavy (non-hydrogen) atoms. The Labute approximate surface area is 242 Å². The van der Waals surface area contributed by atoms with Crippen molar-refractivity contribution in [3.05, 3.63) is 29.8 Å². The van der Waals surface area contributed by atoms with Gasteiger partial charge in [-0.15, -0.1) is 0 Å². The van der Waals surface area contributed by atoms with Crippen molar-refractivity contribution < 1.29 is 24.6 Å². The second-order valence-electron chi connectivity index (χ2n) is 10.8. The fourth-order valence-electron chi connectivity index (χ4n) is 4.52. The fourth-order valence-corrected chi connectivity index (χ4v) is 4.52. The molecule has 14 nitrogen and oxygen atoms in total. The van der Waals surface area contributed by atoms with Gasteiger partial charge < -0.3 is 48.3 Å². The van der Waals surface area contributed by atoms with Crippen LogP contribution in [-0.4, -0.2) is 116 Å². The summed E-state index contributed by atoms with van der Waals surface area (Å²) in [4.78, 5) is 39.0. The van der Waals surface area contributed by atoms with E-state index in [1.54, 1.807) is 12.1 Å². The molecule has 0 aliphatic carbocycles. The maximum atomic E-state index is 12.9. The molecule has 0 bridgehead atoms. The molecule has 1 heterocycles. The Hall–Kier alpha value is -2.85. The summed E-state index contributed by atoms with van der Waals surface area (Å²) in [6.07, 6.45) is 0.488. The minimum atomic E-state index is -1.15. The van der Waals surface area contributed by atoms with Gasteiger partial charge in [0.2, 0.25) is 11.8 Å². The van der Waals surface area contributed by atoms with Crippen LogP contribution in [0.15, 0.2) is 24.3 Å². The number of phenolic OH excluding ortho intramolecular Hbond substituents is 1. The first kappa shape index (κ1) is 34.4. The smallest absolute Gasteiger partial charge is 0.326 e. The zero-order valence-corrected chi connectivity index (χ0v) is 24.3. The molecular formula is C27H49N9O5. The number of aromatic hydroxyl groups is 1. The Morgan fingerprint density at radius 1 is 1.07 bits per heavy atom. The van der Waals surface area contributed by atoms with Gasteiger partial charge in [0.15, 0.2) is 0 Å². The van der Waals surface area contributed by atoms with Crippen LogP contribution in [0.1, 0.15) is 31.7 Å². The number of aliphatic carboxylic acids is 1. The van der Waals surface area contributed by atoms with E-state index in [4.69, 9.17) is 11.5 Å². The highest BCUT2D eigenvalue weighted by atomic mass is 16.4. The summed E-state index contributed by atoms with van der Waals surface area (Å²) in [6, 6.07) is 5.03. The lowest BCUT2D eigenvalue weighted by atomic mass is 10.1. The lowest BCUT2D eigenvalue weighted by molar-refractivity contribution is -0.141. The summed E-state index contributed by atoms with van der Waals surface area (Å²) < 4.78 is 0. The molecular weight excluding hydrogens is 530 g/mol. The number of carbonyl (C=O) groups is 3. The van der Waals surface area contributed by atoms with Crippen molar-refractivity contribution >= 4 is 17.8 Å². The molecule has 1 aromatic rings. The molecule has 232 valence electrons. The van der Waals surface area contributed by atoms with Crippen molar-refractivity contribution in [1.82, 2.24) is 36.8 Å². The largest absolute Gasteiger partial charge is 0.508 e. The Balaban J connectivity index is 1.85. The van der Waals surface area contributed by atoms with Crippen molar-refractivity contribution in [1.29, 1.82) is 0 Å². The third kappa shape index (κ3) is 12.7. The first-order chi connectivity index (χ1) is 19.5. The van der Waals surface area contributed by atoms with Crippen LogP contribution >= 0.6 is 0 Å². The Kier molecular flexibility index (Phi) is 14.4. The summed E-state index contributed by atoms with van der Waals surface area (Å²) in [7, 11) is 1.94. The number of hydrogen-bond donors (Lipinski definition) is 10. The van der Waals surface area contributed by atoms with Crippen LogP contribution in [0.2, 0.25) is 0 Å². The standard InChI is InChI=1S/C27H49N9O5/c1-26(17-31-12-13-32-19-27(29,18-30-11-10-28)33-14-15-36(26)2)35-24(39)5-3-4-23(38)34-22(25(40)41)16-20-6-8-21(37)9-7-20/h6-9,22,30-33,37H,3-5,10-19,28-29H2,1-2H3,(H,34,38)(H,35,39)(H,40,41)/t22?,26-,27+/m0/s1. The Morgan fingerprint density at radius 2 is 1.73 bits per heavy atom. The lowest BCUT2D eigenvalue weighted by Gasteiger charge is -2.41. The topological polar surface area (TPSA) is 219 Å². The third-order valence-electron chi connectivity index (χ3n) is 7.14. The van der Waals surface area contributed by atoms with E-state index in [0.29, 0.717) is 64.5 Å². The van der Waals surface area contributed by atoms with Crippen LogP contribution in [0, 0.1) is 0 Å². The molecule has 2 rings (SSSR count). The van der Waals surface area contributed by atoms with Crippen molar-refractivity contribution in [2.75, 3.05) is 66.0 Å². The van der Waals surface area contributed by atoms with Crippen LogP contribution in [0.3, 0.4) is 0 Å². The number of nitrogens with zero attached hydrogens (tertiary/aromatic N) is 1. The van der Waals surface area contributed by atoms with Gasteiger partial charge in [0.05, 0.1) is 5.66 Å². The molecule has 2 amide bonds. The van der Waals surface area contributed by atoms with E-state index >= 15 is 0 Å². The fraction of sp³-hybridized carbons (Fsp3) is 0.667. The zero-order chi connectivity index (χ0) is 30.3. The van der Waals surface area contributed by atoms with E-state index in [9.17, 15) is 24.6 Å². The summed E-state index contributed by atoms with van der Waals surface area (Å²) in [6.45, 7) is 7.40. The number of hydrogen-bond acceptors (Lipinski definition) is 11. The lowest BCUT2D eigenvalue weighted by Crippen LogP contribution is -2.68. The predicted molar refractivity (Wildman–Crippen MR) is 157 cm³/mol. The molecule has 0 saturated carbocycles. The highest BCUT2D eigenvalue weighted by molar-refractivity contribution is 5.84. The number of rotatable bonds is 13. The molecule has 1 aliphatic rings. The number of likely N-dealkylation sites (N-methyl/N-ethyl adjacent to an activating group) is 1. The molecule has 3 atom stereocenters. The third-order valence-corrected chi connectivity index (χ3v) is 7.14. The van der Waals surface area contributed by atoms with Crippen molar-refractivity contribution in [3.63, 3.8) is 0 Å². The second kappa shape index (κ2) is 17.2. The van der Waals surface area contributed by atoms with Gasteiger partial charge in [0.1, 0.15) is 17.5 Å². The molecule has 0 spiro atoms. The normalized spacial score (nSPS) is 23.5. The van der Waals surface area contributed by atoms with E-state index < -0.39 is 29.2 Å². The van der Waals surface area contributed by atoms with E-state index in [1.807, 2.05) is 14.0 Å². The number of carbonyl (C=O) groups excluding carboxylic acids is 2. The number of carboxylic acids is 1. The number of benzene rings is 1. The molecule has 0 aromatic heterocycles. The molecule has 1 unspecified atom stereocenters. The van der Waals surface area contributed by atoms with E-state index in [-0.39, 0.29) is 37.3 Å². The molecule has 12 N–H and O–H groups in total. The number of amides is 2. The maximum Gasteiger partial charge on any atom is 0.326 e. The minimum absolute atomic E-state index is 0.0178. The van der Waals surface area contributed by atoms with Gasteiger partial charge in [-0.2, -0.15) is 0 Å². The number of phenols is 1. The number of nitrogens with one attached hydrogen (secondary N) is 6. The highest BCUT2D eigenvalue weighted by Crippen LogP contribution is 2.13. The van der Waals surface area contributed by atoms with Gasteiger partial charge in [0.25, 0.3) is 0 Å². The van der Waals surface area contributed by atoms with Gasteiger partial charge in [-0.3, -0.25) is 19.8 Å². The average Bonchev–Trinajstić information content (AvgIpc) is 2.91. The Bertz CT molecular complexity index is 967. The van der Waals surface area contributed by atoms with Crippen molar-refractivity contribution in [2.24, 2.45) is 11.5 Å². The highest BCUT2D eigenvalue weighted by Gasteiger charge is 2.32. The van der Waals surface area contributed by atoms with E-state index in [0.717, 1.165) is 0 Å². The quantitative estimate of drug-likeness (QED) is 0.109. The molecule has 1 saturated heterocycles. The van der Waals surface area contributed by atoms with Crippen LogP contribution in [0.25, 0.3) is 0 Å². The molecule has 14 heteroatoms. The van der Waals surface area contributed by atoms with Crippen LogP contribution < -0.4 is 43.4 Å². The number of nitrogens with two attached hydrogens (primary N) is 2. The van der Waals surface area contributed by atoms with E-state index in [1.165, 1.54) is 12.1 Å². The summed E-state index contributed by atoms with van der Waals surface area (Å²) in [5.74, 6) is -1.72. The van der Waals surface area contributed by atoms with Gasteiger partial charge in [0, 0.05) is 78.2 Å². The first-order valence-corrected chi connectivity index (χ1v) is 14.1. The van der Waals surface area contributed by atoms with Gasteiger partial charge >= 0.3 is 5.97 Å². The minimum Gasteiger partial charge on any atom is -0.508 e. The maximum absolute atomic E-state index is 12.9. The molecule has 1 aromatic carbocycles.